The maximum Gasteiger partial charge on any atom is 0.187 e. The van der Waals surface area contributed by atoms with E-state index in [0.29, 0.717) is 5.92 Å². The molecule has 16 atom stereocenters. The molecule has 260 valence electrons. The van der Waals surface area contributed by atoms with Gasteiger partial charge in [-0.3, -0.25) is 0 Å². The van der Waals surface area contributed by atoms with E-state index in [1.165, 1.54) is 5.57 Å². The Labute approximate surface area is 270 Å². The summed E-state index contributed by atoms with van der Waals surface area (Å²) in [7, 11) is 0. The fourth-order valence-corrected chi connectivity index (χ4v) is 12.0. The largest absolute Gasteiger partial charge is 0.394 e. The molecule has 1 saturated heterocycles. The molecule has 9 heteroatoms. The van der Waals surface area contributed by atoms with Crippen LogP contribution in [0.2, 0.25) is 0 Å². The highest BCUT2D eigenvalue weighted by Gasteiger charge is 2.73. The van der Waals surface area contributed by atoms with Crippen LogP contribution in [-0.2, 0) is 9.47 Å². The zero-order valence-corrected chi connectivity index (χ0v) is 28.8. The molecule has 0 aromatic rings. The lowest BCUT2D eigenvalue weighted by molar-refractivity contribution is -0.355. The third-order valence-corrected chi connectivity index (χ3v) is 14.6. The van der Waals surface area contributed by atoms with Crippen LogP contribution in [0.25, 0.3) is 0 Å². The van der Waals surface area contributed by atoms with Crippen LogP contribution in [0.4, 0.5) is 0 Å². The van der Waals surface area contributed by atoms with Gasteiger partial charge >= 0.3 is 0 Å². The molecule has 45 heavy (non-hydrogen) atoms. The lowest BCUT2D eigenvalue weighted by Gasteiger charge is -2.71. The smallest absolute Gasteiger partial charge is 0.187 e. The molecule has 0 amide bonds. The summed E-state index contributed by atoms with van der Waals surface area (Å²) in [5.41, 5.74) is -0.810. The number of aliphatic hydroxyl groups excluding tert-OH is 6. The zero-order chi connectivity index (χ0) is 33.5. The fourth-order valence-electron chi connectivity index (χ4n) is 12.0. The Morgan fingerprint density at radius 1 is 0.844 bits per heavy atom. The number of hydrogen-bond acceptors (Lipinski definition) is 9. The van der Waals surface area contributed by atoms with E-state index in [-0.39, 0.29) is 28.6 Å². The van der Waals surface area contributed by atoms with Crippen LogP contribution in [0.5, 0.6) is 0 Å². The van der Waals surface area contributed by atoms with Gasteiger partial charge < -0.3 is 45.2 Å². The maximum absolute atomic E-state index is 12.1. The summed E-state index contributed by atoms with van der Waals surface area (Å²) in [6.45, 7) is 16.8. The minimum Gasteiger partial charge on any atom is -0.394 e. The highest BCUT2D eigenvalue weighted by atomic mass is 16.7. The molecule has 0 aromatic carbocycles. The summed E-state index contributed by atoms with van der Waals surface area (Å²) in [6, 6.07) is 0. The molecule has 1 aliphatic heterocycles. The van der Waals surface area contributed by atoms with Gasteiger partial charge in [-0.05, 0) is 112 Å². The van der Waals surface area contributed by atoms with E-state index in [0.717, 1.165) is 51.4 Å². The maximum atomic E-state index is 12.1. The van der Waals surface area contributed by atoms with E-state index >= 15 is 0 Å². The van der Waals surface area contributed by atoms with Crippen LogP contribution in [0.1, 0.15) is 107 Å². The summed E-state index contributed by atoms with van der Waals surface area (Å²) in [6.07, 6.45) is -0.911. The standard InChI is InChI=1S/C36H62O9/c1-19(2)10-9-15-35(7,43)21-13-16-33(5)20(21)11-12-24-34(33,6)17-14-23-32(3,4)30(28(41)29(42)36(23,24)8)45-31-27(40)26(39)25(38)22(18-37)44-31/h10,20-31,37-43H,9,11-18H2,1-8H3/t20-,21+,22-,23+,24+,25-,26+,27-,28-,29-,30+,31+,33-,34-,35-,36+/m1/s1. The Morgan fingerprint density at radius 3 is 2.11 bits per heavy atom. The normalized spacial score (nSPS) is 52.2. The first kappa shape index (κ1) is 35.7. The lowest BCUT2D eigenvalue weighted by atomic mass is 9.34. The van der Waals surface area contributed by atoms with E-state index in [2.05, 4.69) is 40.7 Å². The van der Waals surface area contributed by atoms with E-state index in [4.69, 9.17) is 9.47 Å². The number of allylic oxidation sites excluding steroid dienone is 2. The van der Waals surface area contributed by atoms with Crippen molar-refractivity contribution in [1.29, 1.82) is 0 Å². The van der Waals surface area contributed by atoms with Gasteiger partial charge in [-0.2, -0.15) is 0 Å². The molecule has 5 rings (SSSR count). The van der Waals surface area contributed by atoms with Crippen molar-refractivity contribution < 1.29 is 45.2 Å². The van der Waals surface area contributed by atoms with Gasteiger partial charge in [0, 0.05) is 5.41 Å². The number of rotatable bonds is 7. The Balaban J connectivity index is 1.41. The second kappa shape index (κ2) is 12.1. The molecular weight excluding hydrogens is 576 g/mol. The molecule has 0 aromatic heterocycles. The Morgan fingerprint density at radius 2 is 1.49 bits per heavy atom. The topological polar surface area (TPSA) is 160 Å². The third kappa shape index (κ3) is 5.30. The first-order chi connectivity index (χ1) is 20.8. The van der Waals surface area contributed by atoms with Gasteiger partial charge in [-0.15, -0.1) is 0 Å². The summed E-state index contributed by atoms with van der Waals surface area (Å²) in [4.78, 5) is 0. The van der Waals surface area contributed by atoms with E-state index in [9.17, 15) is 35.7 Å². The minimum atomic E-state index is -1.59. The highest BCUT2D eigenvalue weighted by molar-refractivity contribution is 5.21. The van der Waals surface area contributed by atoms with Crippen molar-refractivity contribution in [1.82, 2.24) is 0 Å². The van der Waals surface area contributed by atoms with Crippen molar-refractivity contribution >= 4 is 0 Å². The fraction of sp³-hybridized carbons (Fsp3) is 0.944. The van der Waals surface area contributed by atoms with Crippen LogP contribution < -0.4 is 0 Å². The highest BCUT2D eigenvalue weighted by Crippen LogP contribution is 2.76. The zero-order valence-electron chi connectivity index (χ0n) is 28.8. The van der Waals surface area contributed by atoms with Gasteiger partial charge in [0.05, 0.1) is 24.4 Å². The minimum absolute atomic E-state index is 0.00639. The van der Waals surface area contributed by atoms with Crippen LogP contribution in [-0.4, -0.2) is 97.0 Å². The van der Waals surface area contributed by atoms with E-state index in [1.54, 1.807) is 0 Å². The molecule has 5 fully saturated rings. The Hall–Kier alpha value is -0.620. The Kier molecular flexibility index (Phi) is 9.56. The van der Waals surface area contributed by atoms with Gasteiger partial charge in [0.2, 0.25) is 0 Å². The van der Waals surface area contributed by atoms with Gasteiger partial charge in [0.15, 0.2) is 6.29 Å². The molecule has 0 spiro atoms. The molecule has 5 aliphatic rings. The van der Waals surface area contributed by atoms with Gasteiger partial charge in [0.25, 0.3) is 0 Å². The number of fused-ring (bicyclic) bond motifs is 5. The first-order valence-electron chi connectivity index (χ1n) is 17.5. The summed E-state index contributed by atoms with van der Waals surface area (Å²) < 4.78 is 11.9. The van der Waals surface area contributed by atoms with Crippen molar-refractivity contribution in [2.24, 2.45) is 45.3 Å². The van der Waals surface area contributed by atoms with Crippen LogP contribution in [0.15, 0.2) is 11.6 Å². The predicted octanol–water partition coefficient (Wildman–Crippen LogP) is 3.30. The quantitative estimate of drug-likeness (QED) is 0.164. The number of ether oxygens (including phenoxy) is 2. The summed E-state index contributed by atoms with van der Waals surface area (Å²) in [5, 5.41) is 76.7. The molecule has 0 radical (unpaired) electrons. The van der Waals surface area contributed by atoms with Crippen molar-refractivity contribution in [2.45, 2.75) is 161 Å². The van der Waals surface area contributed by atoms with E-state index < -0.39 is 72.1 Å². The Bertz CT molecular complexity index is 1100. The van der Waals surface area contributed by atoms with Crippen LogP contribution >= 0.6 is 0 Å². The second-order valence-corrected chi connectivity index (χ2v) is 17.4. The molecule has 9 nitrogen and oxygen atoms in total. The molecule has 0 bridgehead atoms. The number of hydrogen-bond donors (Lipinski definition) is 7. The first-order valence-corrected chi connectivity index (χ1v) is 17.5. The molecule has 1 heterocycles. The van der Waals surface area contributed by atoms with Crippen LogP contribution in [0.3, 0.4) is 0 Å². The average molecular weight is 639 g/mol. The average Bonchev–Trinajstić information content (AvgIpc) is 3.33. The van der Waals surface area contributed by atoms with Crippen molar-refractivity contribution in [3.8, 4) is 0 Å². The van der Waals surface area contributed by atoms with Gasteiger partial charge in [-0.1, -0.05) is 46.3 Å². The summed E-state index contributed by atoms with van der Waals surface area (Å²) >= 11 is 0. The van der Waals surface area contributed by atoms with Crippen molar-refractivity contribution in [2.75, 3.05) is 6.61 Å². The lowest BCUT2D eigenvalue weighted by Crippen LogP contribution is -2.73. The van der Waals surface area contributed by atoms with E-state index in [1.807, 2.05) is 20.8 Å². The molecule has 4 saturated carbocycles. The second-order valence-electron chi connectivity index (χ2n) is 17.4. The molecule has 4 aliphatic carbocycles. The monoisotopic (exact) mass is 638 g/mol. The molecular formula is C36H62O9. The van der Waals surface area contributed by atoms with Gasteiger partial charge in [-0.25, -0.2) is 0 Å². The van der Waals surface area contributed by atoms with Crippen molar-refractivity contribution in [3.63, 3.8) is 0 Å². The van der Waals surface area contributed by atoms with Gasteiger partial charge in [0.1, 0.15) is 30.5 Å². The van der Waals surface area contributed by atoms with Crippen LogP contribution in [0, 0.1) is 45.3 Å². The number of aliphatic hydroxyl groups is 7. The predicted molar refractivity (Wildman–Crippen MR) is 170 cm³/mol. The van der Waals surface area contributed by atoms with Crippen molar-refractivity contribution in [3.05, 3.63) is 11.6 Å². The summed E-state index contributed by atoms with van der Waals surface area (Å²) in [5.74, 6) is 0.755. The molecule has 0 unspecified atom stereocenters. The third-order valence-electron chi connectivity index (χ3n) is 14.6. The molecule has 7 N–H and O–H groups in total. The SMILES string of the molecule is CC(C)=CCC[C@@](C)(O)[C@H]1CC[C@]2(C)[C@@H]1CC[C@@H]1[C@@]3(C)[C@H](O)[C@@H](O)[C@H](O[C@@H]4O[C@H](CO)[C@@H](O)[C@H](O)[C@H]4O)C(C)(C)[C@@H]3CC[C@]12C.